The van der Waals surface area contributed by atoms with Gasteiger partial charge < -0.3 is 5.11 Å². The Bertz CT molecular complexity index is 123. The van der Waals surface area contributed by atoms with Gasteiger partial charge >= 0.3 is 0 Å². The lowest BCUT2D eigenvalue weighted by atomic mass is 9.85. The van der Waals surface area contributed by atoms with Gasteiger partial charge in [-0.2, -0.15) is 0 Å². The molecule has 0 fully saturated rings. The Kier molecular flexibility index (Phi) is 6.35. The summed E-state index contributed by atoms with van der Waals surface area (Å²) in [5, 5.41) is 8.77. The number of hydrogen-bond donors (Lipinski definition) is 1. The first-order valence-electron chi connectivity index (χ1n) is 5.31. The summed E-state index contributed by atoms with van der Waals surface area (Å²) in [6.07, 6.45) is 5.01. The second kappa shape index (κ2) is 6.39. The number of unbranched alkanes of at least 4 members (excludes halogenated alkanes) is 1. The number of nitrogens with zero attached hydrogens (tertiary/aromatic N) is 1. The van der Waals surface area contributed by atoms with Gasteiger partial charge in [-0.15, -0.1) is 0 Å². The van der Waals surface area contributed by atoms with Crippen LogP contribution in [0.1, 0.15) is 46.5 Å². The van der Waals surface area contributed by atoms with Crippen molar-refractivity contribution >= 4 is 0 Å². The fraction of sp³-hybridized carbons (Fsp3) is 1.00. The molecule has 0 heterocycles. The van der Waals surface area contributed by atoms with Crippen LogP contribution in [0.4, 0.5) is 0 Å². The van der Waals surface area contributed by atoms with E-state index >= 15 is 0 Å². The van der Waals surface area contributed by atoms with Gasteiger partial charge in [-0.25, -0.2) is 0 Å². The fourth-order valence-corrected chi connectivity index (χ4v) is 1.23. The fourth-order valence-electron chi connectivity index (χ4n) is 1.23. The third-order valence-corrected chi connectivity index (χ3v) is 2.84. The minimum atomic E-state index is 0.178. The van der Waals surface area contributed by atoms with E-state index in [0.717, 1.165) is 6.54 Å². The van der Waals surface area contributed by atoms with Gasteiger partial charge in [-0.3, -0.25) is 4.90 Å². The zero-order valence-corrected chi connectivity index (χ0v) is 9.64. The molecular weight excluding hydrogens is 162 g/mol. The highest BCUT2D eigenvalue weighted by atomic mass is 16.3. The molecule has 2 nitrogen and oxygen atoms in total. The van der Waals surface area contributed by atoms with Gasteiger partial charge in [0.2, 0.25) is 0 Å². The summed E-state index contributed by atoms with van der Waals surface area (Å²) in [6.45, 7) is 8.08. The average molecular weight is 187 g/mol. The van der Waals surface area contributed by atoms with Crippen LogP contribution in [0.15, 0.2) is 0 Å². The summed E-state index contributed by atoms with van der Waals surface area (Å²) in [5.74, 6) is 0. The van der Waals surface area contributed by atoms with Crippen molar-refractivity contribution < 1.29 is 5.11 Å². The van der Waals surface area contributed by atoms with Gasteiger partial charge in [0.1, 0.15) is 0 Å². The zero-order valence-electron chi connectivity index (χ0n) is 9.64. The molecule has 0 atom stereocenters. The quantitative estimate of drug-likeness (QED) is 0.489. The van der Waals surface area contributed by atoms with Crippen molar-refractivity contribution in [3.8, 4) is 0 Å². The Labute approximate surface area is 82.9 Å². The molecule has 0 aromatic carbocycles. The van der Waals surface area contributed by atoms with Crippen molar-refractivity contribution in [1.82, 2.24) is 4.90 Å². The van der Waals surface area contributed by atoms with E-state index in [1.54, 1.807) is 0 Å². The Morgan fingerprint density at radius 3 is 2.31 bits per heavy atom. The molecule has 80 valence electrons. The molecule has 0 aliphatic carbocycles. The minimum absolute atomic E-state index is 0.178. The van der Waals surface area contributed by atoms with Crippen LogP contribution in [0.3, 0.4) is 0 Å². The monoisotopic (exact) mass is 187 g/mol. The van der Waals surface area contributed by atoms with Gasteiger partial charge in [0.05, 0.1) is 6.73 Å². The van der Waals surface area contributed by atoms with Crippen LogP contribution < -0.4 is 0 Å². The molecule has 0 aliphatic rings. The molecule has 0 rings (SSSR count). The number of aliphatic hydroxyl groups excluding tert-OH is 1. The van der Waals surface area contributed by atoms with Gasteiger partial charge in [0.25, 0.3) is 0 Å². The van der Waals surface area contributed by atoms with Gasteiger partial charge in [0, 0.05) is 0 Å². The van der Waals surface area contributed by atoms with Crippen molar-refractivity contribution in [3.05, 3.63) is 0 Å². The van der Waals surface area contributed by atoms with Crippen LogP contribution in [0.25, 0.3) is 0 Å². The molecule has 0 amide bonds. The summed E-state index contributed by atoms with van der Waals surface area (Å²) < 4.78 is 0. The number of hydrogen-bond acceptors (Lipinski definition) is 2. The summed E-state index contributed by atoms with van der Waals surface area (Å²) in [6, 6.07) is 0. The zero-order chi connectivity index (χ0) is 10.3. The first kappa shape index (κ1) is 12.9. The standard InChI is InChI=1S/C11H25NO/c1-5-11(2,3)8-6-7-9-12(4)10-13/h13H,5-10H2,1-4H3. The predicted molar refractivity (Wildman–Crippen MR) is 57.6 cm³/mol. The van der Waals surface area contributed by atoms with Gasteiger partial charge in [-0.1, -0.05) is 33.6 Å². The lowest BCUT2D eigenvalue weighted by Gasteiger charge is -2.22. The van der Waals surface area contributed by atoms with Crippen LogP contribution in [0, 0.1) is 5.41 Å². The first-order valence-corrected chi connectivity index (χ1v) is 5.31. The van der Waals surface area contributed by atoms with Gasteiger partial charge in [0.15, 0.2) is 0 Å². The molecule has 0 spiro atoms. The summed E-state index contributed by atoms with van der Waals surface area (Å²) in [4.78, 5) is 1.94. The van der Waals surface area contributed by atoms with Gasteiger partial charge in [-0.05, 0) is 31.8 Å². The second-order valence-corrected chi connectivity index (χ2v) is 4.70. The summed E-state index contributed by atoms with van der Waals surface area (Å²) in [5.41, 5.74) is 0.498. The highest BCUT2D eigenvalue weighted by molar-refractivity contribution is 4.66. The molecule has 0 aliphatic heterocycles. The van der Waals surface area contributed by atoms with E-state index < -0.39 is 0 Å². The van der Waals surface area contributed by atoms with Crippen molar-refractivity contribution in [1.29, 1.82) is 0 Å². The largest absolute Gasteiger partial charge is 0.381 e. The Morgan fingerprint density at radius 2 is 1.85 bits per heavy atom. The van der Waals surface area contributed by atoms with Crippen LogP contribution in [0.5, 0.6) is 0 Å². The molecule has 0 saturated heterocycles. The Hall–Kier alpha value is -0.0800. The van der Waals surface area contributed by atoms with Crippen molar-refractivity contribution in [2.45, 2.75) is 46.5 Å². The lowest BCUT2D eigenvalue weighted by molar-refractivity contribution is 0.129. The van der Waals surface area contributed by atoms with Crippen LogP contribution >= 0.6 is 0 Å². The lowest BCUT2D eigenvalue weighted by Crippen LogP contribution is -2.20. The number of rotatable bonds is 7. The molecule has 1 N–H and O–H groups in total. The number of aliphatic hydroxyl groups is 1. The van der Waals surface area contributed by atoms with E-state index in [2.05, 4.69) is 20.8 Å². The maximum Gasteiger partial charge on any atom is 0.0954 e. The molecular formula is C11H25NO. The highest BCUT2D eigenvalue weighted by Crippen LogP contribution is 2.26. The minimum Gasteiger partial charge on any atom is -0.381 e. The van der Waals surface area contributed by atoms with E-state index in [4.69, 9.17) is 5.11 Å². The Morgan fingerprint density at radius 1 is 1.23 bits per heavy atom. The van der Waals surface area contributed by atoms with E-state index in [9.17, 15) is 0 Å². The van der Waals surface area contributed by atoms with E-state index in [-0.39, 0.29) is 6.73 Å². The normalized spacial score (nSPS) is 12.5. The molecule has 0 aromatic rings. The smallest absolute Gasteiger partial charge is 0.0954 e. The Balaban J connectivity index is 3.35. The third-order valence-electron chi connectivity index (χ3n) is 2.84. The molecule has 2 heteroatoms. The van der Waals surface area contributed by atoms with E-state index in [1.807, 2.05) is 11.9 Å². The van der Waals surface area contributed by atoms with Crippen molar-refractivity contribution in [2.24, 2.45) is 5.41 Å². The van der Waals surface area contributed by atoms with Crippen LogP contribution in [-0.4, -0.2) is 30.3 Å². The maximum atomic E-state index is 8.77. The predicted octanol–water partition coefficient (Wildman–Crippen LogP) is 2.47. The highest BCUT2D eigenvalue weighted by Gasteiger charge is 2.13. The molecule has 0 bridgehead atoms. The SMILES string of the molecule is CCC(C)(C)CCCCN(C)CO. The van der Waals surface area contributed by atoms with Crippen molar-refractivity contribution in [3.63, 3.8) is 0 Å². The van der Waals surface area contributed by atoms with Crippen LogP contribution in [0.2, 0.25) is 0 Å². The molecule has 0 saturated carbocycles. The molecule has 13 heavy (non-hydrogen) atoms. The molecule has 0 radical (unpaired) electrons. The van der Waals surface area contributed by atoms with Crippen LogP contribution in [-0.2, 0) is 0 Å². The third kappa shape index (κ3) is 7.03. The van der Waals surface area contributed by atoms with E-state index in [0.29, 0.717) is 5.41 Å². The van der Waals surface area contributed by atoms with Crippen molar-refractivity contribution in [2.75, 3.05) is 20.3 Å². The maximum absolute atomic E-state index is 8.77. The van der Waals surface area contributed by atoms with E-state index in [1.165, 1.54) is 25.7 Å². The average Bonchev–Trinajstić information content (AvgIpc) is 2.12. The summed E-state index contributed by atoms with van der Waals surface area (Å²) in [7, 11) is 1.95. The topological polar surface area (TPSA) is 23.5 Å². The first-order chi connectivity index (χ1) is 6.02. The molecule has 0 aromatic heterocycles. The molecule has 0 unspecified atom stereocenters. The second-order valence-electron chi connectivity index (χ2n) is 4.70. The summed E-state index contributed by atoms with van der Waals surface area (Å²) >= 11 is 0.